The molecule has 2 aromatic carbocycles. The minimum Gasteiger partial charge on any atom is -0.462 e. The Morgan fingerprint density at radius 1 is 1.04 bits per heavy atom. The SMILES string of the molecule is CCOC(=O)c1ccc(NC(C)=CC(=O)c2ccc(Cl)cc2)cc1. The number of carbonyl (C=O) groups excluding carboxylic acids is 2. The summed E-state index contributed by atoms with van der Waals surface area (Å²) in [6.45, 7) is 3.90. The van der Waals surface area contributed by atoms with Gasteiger partial charge in [0.05, 0.1) is 12.2 Å². The molecule has 4 nitrogen and oxygen atoms in total. The van der Waals surface area contributed by atoms with Gasteiger partial charge < -0.3 is 10.1 Å². The summed E-state index contributed by atoms with van der Waals surface area (Å²) in [4.78, 5) is 23.7. The summed E-state index contributed by atoms with van der Waals surface area (Å²) in [5.74, 6) is -0.464. The van der Waals surface area contributed by atoms with Crippen LogP contribution in [0, 0.1) is 0 Å². The van der Waals surface area contributed by atoms with Gasteiger partial charge in [-0.3, -0.25) is 4.79 Å². The standard InChI is InChI=1S/C19H18ClNO3/c1-3-24-19(23)15-6-10-17(11-7-15)21-13(2)12-18(22)14-4-8-16(20)9-5-14/h4-12,21H,3H2,1-2H3. The van der Waals surface area contributed by atoms with Gasteiger partial charge in [0, 0.05) is 28.0 Å². The molecule has 0 bridgehead atoms. The third-order valence-corrected chi connectivity index (χ3v) is 3.47. The van der Waals surface area contributed by atoms with Crippen LogP contribution in [0.3, 0.4) is 0 Å². The summed E-state index contributed by atoms with van der Waals surface area (Å²) < 4.78 is 4.93. The molecule has 24 heavy (non-hydrogen) atoms. The first kappa shape index (κ1) is 17.8. The van der Waals surface area contributed by atoms with E-state index in [1.54, 1.807) is 62.4 Å². The van der Waals surface area contributed by atoms with E-state index in [1.165, 1.54) is 6.08 Å². The number of nitrogens with one attached hydrogen (secondary N) is 1. The Morgan fingerprint density at radius 3 is 2.21 bits per heavy atom. The molecule has 0 atom stereocenters. The van der Waals surface area contributed by atoms with E-state index in [9.17, 15) is 9.59 Å². The molecule has 2 aromatic rings. The van der Waals surface area contributed by atoms with E-state index in [2.05, 4.69) is 5.32 Å². The lowest BCUT2D eigenvalue weighted by molar-refractivity contribution is 0.0526. The third-order valence-electron chi connectivity index (χ3n) is 3.21. The molecule has 0 aliphatic carbocycles. The molecule has 0 saturated carbocycles. The van der Waals surface area contributed by atoms with Crippen LogP contribution < -0.4 is 5.32 Å². The predicted octanol–water partition coefficient (Wildman–Crippen LogP) is 4.72. The minimum atomic E-state index is -0.353. The van der Waals surface area contributed by atoms with Crippen molar-refractivity contribution < 1.29 is 14.3 Å². The lowest BCUT2D eigenvalue weighted by Crippen LogP contribution is -2.05. The quantitative estimate of drug-likeness (QED) is 0.468. The summed E-state index contributed by atoms with van der Waals surface area (Å²) in [7, 11) is 0. The highest BCUT2D eigenvalue weighted by Crippen LogP contribution is 2.14. The number of hydrogen-bond acceptors (Lipinski definition) is 4. The van der Waals surface area contributed by atoms with Crippen LogP contribution in [0.4, 0.5) is 5.69 Å². The van der Waals surface area contributed by atoms with Crippen molar-refractivity contribution in [1.82, 2.24) is 0 Å². The molecule has 0 radical (unpaired) electrons. The molecule has 2 rings (SSSR count). The fraction of sp³-hybridized carbons (Fsp3) is 0.158. The molecular weight excluding hydrogens is 326 g/mol. The maximum atomic E-state index is 12.2. The molecule has 0 saturated heterocycles. The van der Waals surface area contributed by atoms with Gasteiger partial charge in [-0.1, -0.05) is 11.6 Å². The number of halogens is 1. The van der Waals surface area contributed by atoms with Gasteiger partial charge in [-0.2, -0.15) is 0 Å². The second kappa shape index (κ2) is 8.31. The number of anilines is 1. The zero-order valence-corrected chi connectivity index (χ0v) is 14.3. The van der Waals surface area contributed by atoms with E-state index in [-0.39, 0.29) is 11.8 Å². The predicted molar refractivity (Wildman–Crippen MR) is 95.6 cm³/mol. The van der Waals surface area contributed by atoms with E-state index >= 15 is 0 Å². The summed E-state index contributed by atoms with van der Waals surface area (Å²) in [6.07, 6.45) is 1.52. The molecule has 1 N–H and O–H groups in total. The first-order valence-corrected chi connectivity index (χ1v) is 7.90. The highest BCUT2D eigenvalue weighted by atomic mass is 35.5. The van der Waals surface area contributed by atoms with Crippen molar-refractivity contribution in [3.63, 3.8) is 0 Å². The van der Waals surface area contributed by atoms with E-state index in [1.807, 2.05) is 0 Å². The molecular formula is C19H18ClNO3. The lowest BCUT2D eigenvalue weighted by Gasteiger charge is -2.08. The summed E-state index contributed by atoms with van der Waals surface area (Å²) in [5, 5.41) is 3.70. The van der Waals surface area contributed by atoms with E-state index in [4.69, 9.17) is 16.3 Å². The van der Waals surface area contributed by atoms with Gasteiger partial charge >= 0.3 is 5.97 Å². The molecule has 5 heteroatoms. The maximum absolute atomic E-state index is 12.2. The van der Waals surface area contributed by atoms with Crippen LogP contribution in [0.5, 0.6) is 0 Å². The number of esters is 1. The highest BCUT2D eigenvalue weighted by molar-refractivity contribution is 6.30. The van der Waals surface area contributed by atoms with E-state index < -0.39 is 0 Å². The van der Waals surface area contributed by atoms with Gasteiger partial charge in [0.25, 0.3) is 0 Å². The van der Waals surface area contributed by atoms with Crippen molar-refractivity contribution in [2.24, 2.45) is 0 Å². The molecule has 0 amide bonds. The van der Waals surface area contributed by atoms with Crippen molar-refractivity contribution >= 4 is 29.0 Å². The van der Waals surface area contributed by atoms with Crippen LogP contribution in [0.1, 0.15) is 34.6 Å². The second-order valence-electron chi connectivity index (χ2n) is 5.12. The van der Waals surface area contributed by atoms with Gasteiger partial charge in [-0.05, 0) is 62.4 Å². The largest absolute Gasteiger partial charge is 0.462 e. The number of ketones is 1. The number of rotatable bonds is 6. The van der Waals surface area contributed by atoms with Gasteiger partial charge in [-0.15, -0.1) is 0 Å². The van der Waals surface area contributed by atoms with Gasteiger partial charge in [0.15, 0.2) is 5.78 Å². The average Bonchev–Trinajstić information content (AvgIpc) is 2.56. The third kappa shape index (κ3) is 4.96. The van der Waals surface area contributed by atoms with Gasteiger partial charge in [0.1, 0.15) is 0 Å². The molecule has 0 aromatic heterocycles. The molecule has 0 aliphatic rings. The van der Waals surface area contributed by atoms with Crippen LogP contribution in [-0.2, 0) is 4.74 Å². The first-order chi connectivity index (χ1) is 11.5. The zero-order chi connectivity index (χ0) is 17.5. The van der Waals surface area contributed by atoms with Crippen LogP contribution in [0.25, 0.3) is 0 Å². The number of ether oxygens (including phenoxy) is 1. The van der Waals surface area contributed by atoms with Crippen LogP contribution in [-0.4, -0.2) is 18.4 Å². The maximum Gasteiger partial charge on any atom is 0.338 e. The fourth-order valence-electron chi connectivity index (χ4n) is 2.06. The van der Waals surface area contributed by atoms with Gasteiger partial charge in [0.2, 0.25) is 0 Å². The van der Waals surface area contributed by atoms with Crippen molar-refractivity contribution in [2.75, 3.05) is 11.9 Å². The molecule has 0 heterocycles. The lowest BCUT2D eigenvalue weighted by atomic mass is 10.1. The molecule has 0 fully saturated rings. The Morgan fingerprint density at radius 2 is 1.62 bits per heavy atom. The Kier molecular flexibility index (Phi) is 6.15. The van der Waals surface area contributed by atoms with Crippen molar-refractivity contribution in [3.8, 4) is 0 Å². The monoisotopic (exact) mass is 343 g/mol. The van der Waals surface area contributed by atoms with Gasteiger partial charge in [-0.25, -0.2) is 4.79 Å². The van der Waals surface area contributed by atoms with E-state index in [0.717, 1.165) is 5.69 Å². The highest BCUT2D eigenvalue weighted by Gasteiger charge is 2.06. The zero-order valence-electron chi connectivity index (χ0n) is 13.5. The Hall–Kier alpha value is -2.59. The summed E-state index contributed by atoms with van der Waals surface area (Å²) in [6, 6.07) is 13.6. The molecule has 0 aliphatic heterocycles. The number of hydrogen-bond donors (Lipinski definition) is 1. The normalized spacial score (nSPS) is 11.0. The number of benzene rings is 2. The number of allylic oxidation sites excluding steroid dienone is 2. The van der Waals surface area contributed by atoms with Crippen LogP contribution in [0.2, 0.25) is 5.02 Å². The molecule has 0 unspecified atom stereocenters. The number of carbonyl (C=O) groups is 2. The molecule has 0 spiro atoms. The summed E-state index contributed by atoms with van der Waals surface area (Å²) in [5.41, 5.74) is 2.53. The summed E-state index contributed by atoms with van der Waals surface area (Å²) >= 11 is 5.81. The smallest absolute Gasteiger partial charge is 0.338 e. The fourth-order valence-corrected chi connectivity index (χ4v) is 2.19. The first-order valence-electron chi connectivity index (χ1n) is 7.52. The van der Waals surface area contributed by atoms with E-state index in [0.29, 0.717) is 28.5 Å². The average molecular weight is 344 g/mol. The van der Waals surface area contributed by atoms with Crippen molar-refractivity contribution in [1.29, 1.82) is 0 Å². The molecule has 124 valence electrons. The second-order valence-corrected chi connectivity index (χ2v) is 5.56. The Bertz CT molecular complexity index is 749. The minimum absolute atomic E-state index is 0.111. The van der Waals surface area contributed by atoms with Crippen LogP contribution >= 0.6 is 11.6 Å². The topological polar surface area (TPSA) is 55.4 Å². The van der Waals surface area contributed by atoms with Crippen molar-refractivity contribution in [2.45, 2.75) is 13.8 Å². The Balaban J connectivity index is 2.03. The van der Waals surface area contributed by atoms with Crippen LogP contribution in [0.15, 0.2) is 60.3 Å². The Labute approximate surface area is 146 Å². The van der Waals surface area contributed by atoms with Crippen molar-refractivity contribution in [3.05, 3.63) is 76.5 Å².